The third kappa shape index (κ3) is 4.41. The Balaban J connectivity index is 1.95. The summed E-state index contributed by atoms with van der Waals surface area (Å²) in [7, 11) is 0. The Morgan fingerprint density at radius 1 is 1.33 bits per heavy atom. The molecule has 0 radical (unpaired) electrons. The zero-order valence-electron chi connectivity index (χ0n) is 14.1. The molecule has 130 valence electrons. The molecule has 1 aromatic heterocycles. The zero-order chi connectivity index (χ0) is 17.5. The predicted molar refractivity (Wildman–Crippen MR) is 93.8 cm³/mol. The van der Waals surface area contributed by atoms with Gasteiger partial charge in [0.25, 0.3) is 0 Å². The highest BCUT2D eigenvalue weighted by Crippen LogP contribution is 2.22. The van der Waals surface area contributed by atoms with Crippen molar-refractivity contribution < 1.29 is 14.3 Å². The lowest BCUT2D eigenvalue weighted by atomic mass is 10.1. The molecule has 1 unspecified atom stereocenters. The van der Waals surface area contributed by atoms with Crippen LogP contribution in [0.4, 0.5) is 10.1 Å². The molecule has 0 saturated carbocycles. The maximum absolute atomic E-state index is 13.3. The summed E-state index contributed by atoms with van der Waals surface area (Å²) in [5.41, 5.74) is 1.49. The van der Waals surface area contributed by atoms with Gasteiger partial charge in [-0.25, -0.2) is 4.39 Å². The van der Waals surface area contributed by atoms with Crippen molar-refractivity contribution >= 4 is 22.6 Å². The summed E-state index contributed by atoms with van der Waals surface area (Å²) < 4.78 is 13.3. The molecular weight excluding hydrogens is 309 g/mol. The van der Waals surface area contributed by atoms with Gasteiger partial charge in [0.1, 0.15) is 11.9 Å². The number of anilines is 1. The largest absolute Gasteiger partial charge is 0.480 e. The van der Waals surface area contributed by atoms with Crippen LogP contribution in [0.3, 0.4) is 0 Å². The van der Waals surface area contributed by atoms with Gasteiger partial charge in [0.2, 0.25) is 0 Å². The molecule has 2 N–H and O–H groups in total. The van der Waals surface area contributed by atoms with E-state index in [1.807, 2.05) is 24.8 Å². The third-order valence-electron chi connectivity index (χ3n) is 4.21. The molecule has 0 saturated heterocycles. The van der Waals surface area contributed by atoms with Crippen LogP contribution < -0.4 is 5.32 Å². The second kappa shape index (κ2) is 8.59. The van der Waals surface area contributed by atoms with E-state index >= 15 is 0 Å². The van der Waals surface area contributed by atoms with Crippen LogP contribution >= 0.6 is 0 Å². The molecule has 1 heterocycles. The summed E-state index contributed by atoms with van der Waals surface area (Å²) in [6.07, 6.45) is 2.96. The number of likely N-dealkylation sites (N-methyl/N-ethyl adjacent to an activating group) is 1. The second-order valence-corrected chi connectivity index (χ2v) is 5.66. The number of fused-ring (bicyclic) bond motifs is 1. The Bertz CT molecular complexity index is 689. The van der Waals surface area contributed by atoms with E-state index in [0.29, 0.717) is 18.5 Å². The van der Waals surface area contributed by atoms with Gasteiger partial charge in [-0.2, -0.15) is 0 Å². The molecule has 0 amide bonds. The van der Waals surface area contributed by atoms with Crippen molar-refractivity contribution in [3.8, 4) is 0 Å². The number of hydrogen-bond acceptors (Lipinski definition) is 4. The van der Waals surface area contributed by atoms with E-state index in [4.69, 9.17) is 0 Å². The number of aliphatic carboxylic acids is 1. The summed E-state index contributed by atoms with van der Waals surface area (Å²) in [5.74, 6) is -1.08. The van der Waals surface area contributed by atoms with Crippen molar-refractivity contribution in [1.29, 1.82) is 0 Å². The first-order chi connectivity index (χ1) is 11.6. The number of nitrogens with one attached hydrogen (secondary N) is 1. The molecule has 1 atom stereocenters. The fraction of sp³-hybridized carbons (Fsp3) is 0.444. The number of rotatable bonds is 9. The van der Waals surface area contributed by atoms with Gasteiger partial charge in [0.15, 0.2) is 0 Å². The van der Waals surface area contributed by atoms with Crippen molar-refractivity contribution in [3.05, 3.63) is 36.3 Å². The SMILES string of the molecule is CCN(CC)C(CCCNc1ccnc2cc(F)ccc12)C(=O)O. The first-order valence-corrected chi connectivity index (χ1v) is 8.31. The maximum atomic E-state index is 13.3. The number of benzene rings is 1. The minimum absolute atomic E-state index is 0.310. The Hall–Kier alpha value is -2.21. The Labute approximate surface area is 141 Å². The zero-order valence-corrected chi connectivity index (χ0v) is 14.1. The van der Waals surface area contributed by atoms with Gasteiger partial charge in [0, 0.05) is 29.9 Å². The molecule has 0 spiro atoms. The minimum atomic E-state index is -0.775. The fourth-order valence-electron chi connectivity index (χ4n) is 2.92. The molecule has 2 rings (SSSR count). The third-order valence-corrected chi connectivity index (χ3v) is 4.21. The van der Waals surface area contributed by atoms with Crippen LogP contribution in [0.5, 0.6) is 0 Å². The molecule has 2 aromatic rings. The van der Waals surface area contributed by atoms with Gasteiger partial charge < -0.3 is 10.4 Å². The highest BCUT2D eigenvalue weighted by atomic mass is 19.1. The molecule has 24 heavy (non-hydrogen) atoms. The van der Waals surface area contributed by atoms with Crippen LogP contribution in [-0.2, 0) is 4.79 Å². The van der Waals surface area contributed by atoms with Gasteiger partial charge >= 0.3 is 5.97 Å². The Kier molecular flexibility index (Phi) is 6.49. The minimum Gasteiger partial charge on any atom is -0.480 e. The monoisotopic (exact) mass is 333 g/mol. The normalized spacial score (nSPS) is 12.5. The van der Waals surface area contributed by atoms with E-state index in [-0.39, 0.29) is 5.82 Å². The first-order valence-electron chi connectivity index (χ1n) is 8.31. The van der Waals surface area contributed by atoms with Crippen molar-refractivity contribution in [1.82, 2.24) is 9.88 Å². The Morgan fingerprint density at radius 3 is 2.75 bits per heavy atom. The number of carboxylic acid groups (broad SMARTS) is 1. The Morgan fingerprint density at radius 2 is 2.08 bits per heavy atom. The highest BCUT2D eigenvalue weighted by Gasteiger charge is 2.22. The van der Waals surface area contributed by atoms with E-state index in [1.165, 1.54) is 12.1 Å². The molecule has 1 aromatic carbocycles. The van der Waals surface area contributed by atoms with E-state index in [1.54, 1.807) is 12.3 Å². The summed E-state index contributed by atoms with van der Waals surface area (Å²) in [5, 5.41) is 13.5. The molecule has 0 aliphatic rings. The van der Waals surface area contributed by atoms with Crippen LogP contribution in [0.15, 0.2) is 30.5 Å². The van der Waals surface area contributed by atoms with E-state index in [2.05, 4.69) is 10.3 Å². The summed E-state index contributed by atoms with van der Waals surface area (Å²) in [6.45, 7) is 6.05. The van der Waals surface area contributed by atoms with Crippen molar-refractivity contribution in [2.75, 3.05) is 25.0 Å². The molecular formula is C18H24FN3O2. The van der Waals surface area contributed by atoms with Crippen molar-refractivity contribution in [2.24, 2.45) is 0 Å². The average Bonchev–Trinajstić information content (AvgIpc) is 2.57. The number of carboxylic acids is 1. The molecule has 0 fully saturated rings. The summed E-state index contributed by atoms with van der Waals surface area (Å²) in [4.78, 5) is 17.5. The number of halogens is 1. The number of hydrogen-bond donors (Lipinski definition) is 2. The smallest absolute Gasteiger partial charge is 0.320 e. The molecule has 5 nitrogen and oxygen atoms in total. The highest BCUT2D eigenvalue weighted by molar-refractivity contribution is 5.90. The summed E-state index contributed by atoms with van der Waals surface area (Å²) in [6, 6.07) is 5.91. The number of aromatic nitrogens is 1. The van der Waals surface area contributed by atoms with Gasteiger partial charge in [-0.1, -0.05) is 13.8 Å². The maximum Gasteiger partial charge on any atom is 0.320 e. The first kappa shape index (κ1) is 18.1. The number of carbonyl (C=O) groups is 1. The van der Waals surface area contributed by atoms with E-state index in [9.17, 15) is 14.3 Å². The van der Waals surface area contributed by atoms with Crippen LogP contribution in [0.2, 0.25) is 0 Å². The molecule has 0 bridgehead atoms. The lowest BCUT2D eigenvalue weighted by Gasteiger charge is -2.26. The van der Waals surface area contributed by atoms with Crippen molar-refractivity contribution in [3.63, 3.8) is 0 Å². The van der Waals surface area contributed by atoms with Crippen LogP contribution in [0.25, 0.3) is 10.9 Å². The number of nitrogens with zero attached hydrogens (tertiary/aromatic N) is 2. The average molecular weight is 333 g/mol. The summed E-state index contributed by atoms with van der Waals surface area (Å²) >= 11 is 0. The van der Waals surface area contributed by atoms with Gasteiger partial charge in [0.05, 0.1) is 5.52 Å². The van der Waals surface area contributed by atoms with Gasteiger partial charge in [-0.15, -0.1) is 0 Å². The van der Waals surface area contributed by atoms with Crippen LogP contribution in [0.1, 0.15) is 26.7 Å². The molecule has 6 heteroatoms. The van der Waals surface area contributed by atoms with Crippen LogP contribution in [-0.4, -0.2) is 46.6 Å². The lowest BCUT2D eigenvalue weighted by Crippen LogP contribution is -2.41. The number of pyridine rings is 1. The fourth-order valence-corrected chi connectivity index (χ4v) is 2.92. The lowest BCUT2D eigenvalue weighted by molar-refractivity contribution is -0.143. The van der Waals surface area contributed by atoms with E-state index in [0.717, 1.165) is 30.6 Å². The second-order valence-electron chi connectivity index (χ2n) is 5.66. The topological polar surface area (TPSA) is 65.5 Å². The molecule has 0 aliphatic heterocycles. The van der Waals surface area contributed by atoms with Gasteiger partial charge in [-0.05, 0) is 44.1 Å². The standard InChI is InChI=1S/C18H24FN3O2/c1-3-22(4-2)17(18(23)24)6-5-10-20-15-9-11-21-16-12-13(19)7-8-14(15)16/h7-9,11-12,17H,3-6,10H2,1-2H3,(H,20,21)(H,23,24). The quantitative estimate of drug-likeness (QED) is 0.689. The van der Waals surface area contributed by atoms with E-state index < -0.39 is 12.0 Å². The van der Waals surface area contributed by atoms with Crippen molar-refractivity contribution in [2.45, 2.75) is 32.7 Å². The van der Waals surface area contributed by atoms with Gasteiger partial charge in [-0.3, -0.25) is 14.7 Å². The van der Waals surface area contributed by atoms with Crippen LogP contribution in [0, 0.1) is 5.82 Å². The molecule has 0 aliphatic carbocycles. The predicted octanol–water partition coefficient (Wildman–Crippen LogP) is 3.36.